The average molecular weight is 324 g/mol. The molecule has 2 fully saturated rings. The fraction of sp³-hybridized carbons (Fsp3) is 0.500. The van der Waals surface area contributed by atoms with Crippen molar-refractivity contribution in [2.24, 2.45) is 0 Å². The number of hydrogen-bond acceptors (Lipinski definition) is 5. The molecule has 9 heteroatoms. The first kappa shape index (κ1) is 14.6. The van der Waals surface area contributed by atoms with Gasteiger partial charge >= 0.3 is 16.3 Å². The van der Waals surface area contributed by atoms with Crippen LogP contribution in [0.25, 0.3) is 0 Å². The lowest BCUT2D eigenvalue weighted by molar-refractivity contribution is -0.139. The number of halogens is 3. The van der Waals surface area contributed by atoms with Crippen LogP contribution in [0.3, 0.4) is 0 Å². The minimum Gasteiger partial charge on any atom is -0.382 e. The molecule has 5 nitrogen and oxygen atoms in total. The number of benzene rings is 1. The zero-order chi connectivity index (χ0) is 15.4. The Kier molecular flexibility index (Phi) is 3.19. The van der Waals surface area contributed by atoms with Gasteiger partial charge in [-0.2, -0.15) is 21.6 Å². The van der Waals surface area contributed by atoms with Gasteiger partial charge in [-0.15, -0.1) is 0 Å². The van der Waals surface area contributed by atoms with Gasteiger partial charge in [0.05, 0.1) is 25.0 Å². The van der Waals surface area contributed by atoms with Crippen LogP contribution < -0.4 is 4.18 Å². The van der Waals surface area contributed by atoms with Crippen molar-refractivity contribution in [1.29, 1.82) is 0 Å². The quantitative estimate of drug-likeness (QED) is 0.627. The minimum atomic E-state index is -4.65. The molecular formula is C12H11F3O5S. The third-order valence-corrected chi connectivity index (χ3v) is 3.58. The zero-order valence-corrected chi connectivity index (χ0v) is 11.6. The van der Waals surface area contributed by atoms with E-state index in [1.165, 1.54) is 12.1 Å². The number of epoxide rings is 2. The summed E-state index contributed by atoms with van der Waals surface area (Å²) >= 11 is 0. The fourth-order valence-corrected chi connectivity index (χ4v) is 2.67. The van der Waals surface area contributed by atoms with Crippen molar-refractivity contribution in [3.63, 3.8) is 0 Å². The van der Waals surface area contributed by atoms with E-state index in [1.807, 2.05) is 0 Å². The molecule has 0 radical (unpaired) electrons. The molecule has 2 saturated heterocycles. The largest absolute Gasteiger partial charge is 0.417 e. The SMILES string of the molecule is CS(=O)(=O)Oc1ccc(C2CO2)c(C(F)(F)F)c1C1CO1. The molecule has 116 valence electrons. The van der Waals surface area contributed by atoms with Gasteiger partial charge in [-0.25, -0.2) is 0 Å². The molecule has 0 saturated carbocycles. The summed E-state index contributed by atoms with van der Waals surface area (Å²) in [5.41, 5.74) is -1.22. The van der Waals surface area contributed by atoms with Crippen molar-refractivity contribution in [3.05, 3.63) is 28.8 Å². The Hall–Kier alpha value is -1.32. The third-order valence-electron chi connectivity index (χ3n) is 3.10. The summed E-state index contributed by atoms with van der Waals surface area (Å²) in [5, 5.41) is 0. The van der Waals surface area contributed by atoms with Crippen molar-refractivity contribution in [2.45, 2.75) is 18.4 Å². The van der Waals surface area contributed by atoms with Gasteiger partial charge < -0.3 is 13.7 Å². The summed E-state index contributed by atoms with van der Waals surface area (Å²) in [6.45, 7) is 0.304. The molecule has 1 aromatic rings. The number of ether oxygens (including phenoxy) is 2. The van der Waals surface area contributed by atoms with E-state index in [4.69, 9.17) is 9.47 Å². The molecule has 0 bridgehead atoms. The highest BCUT2D eigenvalue weighted by Gasteiger charge is 2.46. The fourth-order valence-electron chi connectivity index (χ4n) is 2.20. The Morgan fingerprint density at radius 1 is 1.19 bits per heavy atom. The van der Waals surface area contributed by atoms with Crippen molar-refractivity contribution >= 4 is 10.1 Å². The number of rotatable bonds is 4. The van der Waals surface area contributed by atoms with Gasteiger partial charge in [0.25, 0.3) is 0 Å². The Morgan fingerprint density at radius 2 is 1.76 bits per heavy atom. The molecular weight excluding hydrogens is 313 g/mol. The van der Waals surface area contributed by atoms with Crippen LogP contribution in [0.4, 0.5) is 13.2 Å². The van der Waals surface area contributed by atoms with Crippen LogP contribution in [0.1, 0.15) is 28.9 Å². The Morgan fingerprint density at radius 3 is 2.19 bits per heavy atom. The average Bonchev–Trinajstić information content (AvgIpc) is 3.18. The first-order valence-electron chi connectivity index (χ1n) is 6.03. The van der Waals surface area contributed by atoms with Crippen LogP contribution in [0.5, 0.6) is 5.75 Å². The molecule has 2 aliphatic rings. The lowest BCUT2D eigenvalue weighted by Gasteiger charge is -2.18. The maximum absolute atomic E-state index is 13.4. The van der Waals surface area contributed by atoms with E-state index >= 15 is 0 Å². The van der Waals surface area contributed by atoms with E-state index in [0.717, 1.165) is 6.26 Å². The molecule has 0 N–H and O–H groups in total. The Balaban J connectivity index is 2.18. The third kappa shape index (κ3) is 3.14. The van der Waals surface area contributed by atoms with Crippen LogP contribution in [0, 0.1) is 0 Å². The molecule has 0 aliphatic carbocycles. The smallest absolute Gasteiger partial charge is 0.382 e. The summed E-state index contributed by atoms with van der Waals surface area (Å²) in [6.07, 6.45) is -5.31. The second kappa shape index (κ2) is 4.59. The monoisotopic (exact) mass is 324 g/mol. The standard InChI is InChI=1S/C12H11F3O5S/c1-21(16,17)20-7-3-2-6(8-4-18-8)11(12(13,14)15)10(7)9-5-19-9/h2-3,8-9H,4-5H2,1H3. The van der Waals surface area contributed by atoms with Crippen molar-refractivity contribution in [3.8, 4) is 5.75 Å². The van der Waals surface area contributed by atoms with Crippen LogP contribution in [0.2, 0.25) is 0 Å². The highest BCUT2D eigenvalue weighted by Crippen LogP contribution is 2.49. The maximum Gasteiger partial charge on any atom is 0.417 e. The summed E-state index contributed by atoms with van der Waals surface area (Å²) in [6, 6.07) is 2.40. The van der Waals surface area contributed by atoms with E-state index in [-0.39, 0.29) is 30.1 Å². The van der Waals surface area contributed by atoms with Gasteiger partial charge in [0.1, 0.15) is 18.0 Å². The maximum atomic E-state index is 13.4. The first-order valence-corrected chi connectivity index (χ1v) is 7.85. The lowest BCUT2D eigenvalue weighted by atomic mass is 9.95. The van der Waals surface area contributed by atoms with Crippen molar-refractivity contribution < 1.29 is 35.2 Å². The minimum absolute atomic E-state index is 0.0196. The highest BCUT2D eigenvalue weighted by atomic mass is 32.2. The predicted octanol–water partition coefficient (Wildman–Crippen LogP) is 2.19. The summed E-state index contributed by atoms with van der Waals surface area (Å²) in [5.74, 6) is -0.350. The molecule has 0 aromatic heterocycles. The Labute approximate surface area is 118 Å². The lowest BCUT2D eigenvalue weighted by Crippen LogP contribution is -2.16. The number of hydrogen-bond donors (Lipinski definition) is 0. The molecule has 2 atom stereocenters. The molecule has 3 rings (SSSR count). The second-order valence-electron chi connectivity index (χ2n) is 4.87. The summed E-state index contributed by atoms with van der Waals surface area (Å²) in [7, 11) is -3.94. The molecule has 21 heavy (non-hydrogen) atoms. The predicted molar refractivity (Wildman–Crippen MR) is 64.3 cm³/mol. The zero-order valence-electron chi connectivity index (χ0n) is 10.8. The second-order valence-corrected chi connectivity index (χ2v) is 6.45. The molecule has 1 aromatic carbocycles. The molecule has 0 spiro atoms. The molecule has 2 heterocycles. The van der Waals surface area contributed by atoms with Gasteiger partial charge in [-0.1, -0.05) is 6.07 Å². The van der Waals surface area contributed by atoms with Gasteiger partial charge in [-0.3, -0.25) is 0 Å². The molecule has 2 unspecified atom stereocenters. The van der Waals surface area contributed by atoms with Crippen LogP contribution in [-0.2, 0) is 25.8 Å². The summed E-state index contributed by atoms with van der Waals surface area (Å²) < 4.78 is 77.1. The highest BCUT2D eigenvalue weighted by molar-refractivity contribution is 7.86. The molecule has 2 aliphatic heterocycles. The molecule has 0 amide bonds. The van der Waals surface area contributed by atoms with Gasteiger partial charge in [0, 0.05) is 5.56 Å². The Bertz CT molecular complexity index is 675. The topological polar surface area (TPSA) is 68.4 Å². The van der Waals surface area contributed by atoms with Crippen LogP contribution in [-0.4, -0.2) is 27.9 Å². The first-order chi connectivity index (χ1) is 9.67. The van der Waals surface area contributed by atoms with Gasteiger partial charge in [0.15, 0.2) is 0 Å². The van der Waals surface area contributed by atoms with Gasteiger partial charge in [0.2, 0.25) is 0 Å². The van der Waals surface area contributed by atoms with Crippen LogP contribution >= 0.6 is 0 Å². The van der Waals surface area contributed by atoms with Crippen molar-refractivity contribution in [2.75, 3.05) is 19.5 Å². The van der Waals surface area contributed by atoms with E-state index < -0.39 is 34.1 Å². The van der Waals surface area contributed by atoms with Crippen LogP contribution in [0.15, 0.2) is 12.1 Å². The summed E-state index contributed by atoms with van der Waals surface area (Å²) in [4.78, 5) is 0. The normalized spacial score (nSPS) is 24.8. The van der Waals surface area contributed by atoms with E-state index in [1.54, 1.807) is 0 Å². The van der Waals surface area contributed by atoms with Gasteiger partial charge in [-0.05, 0) is 11.6 Å². The van der Waals surface area contributed by atoms with E-state index in [9.17, 15) is 21.6 Å². The number of alkyl halides is 3. The van der Waals surface area contributed by atoms with E-state index in [2.05, 4.69) is 4.18 Å². The van der Waals surface area contributed by atoms with E-state index in [0.29, 0.717) is 0 Å². The van der Waals surface area contributed by atoms with Crippen molar-refractivity contribution in [1.82, 2.24) is 0 Å².